The molecule has 1 aliphatic heterocycles. The van der Waals surface area contributed by atoms with Crippen LogP contribution in [0.3, 0.4) is 0 Å². The molecule has 0 unspecified atom stereocenters. The van der Waals surface area contributed by atoms with Crippen molar-refractivity contribution in [2.75, 3.05) is 0 Å². The summed E-state index contributed by atoms with van der Waals surface area (Å²) in [6.45, 7) is 5.30. The molecule has 5 nitrogen and oxygen atoms in total. The van der Waals surface area contributed by atoms with Crippen molar-refractivity contribution in [2.45, 2.75) is 45.8 Å². The molecule has 0 aromatic carbocycles. The van der Waals surface area contributed by atoms with E-state index in [1.807, 2.05) is 0 Å². The SMILES string of the molecule is CC(C)(C)OC(=O)N1Cc2cn(C(F)(F)F)nc2C1. The molecular formula is C11H14F3N3O2. The Balaban J connectivity index is 2.06. The number of nitrogens with zero attached hydrogens (tertiary/aromatic N) is 3. The van der Waals surface area contributed by atoms with Crippen LogP contribution in [0.2, 0.25) is 0 Å². The summed E-state index contributed by atoms with van der Waals surface area (Å²) in [6.07, 6.45) is -4.18. The van der Waals surface area contributed by atoms with Gasteiger partial charge in [0, 0.05) is 11.8 Å². The lowest BCUT2D eigenvalue weighted by atomic mass is 10.2. The molecule has 0 N–H and O–H groups in total. The number of hydrogen-bond acceptors (Lipinski definition) is 3. The Labute approximate surface area is 107 Å². The largest absolute Gasteiger partial charge is 0.504 e. The smallest absolute Gasteiger partial charge is 0.444 e. The third kappa shape index (κ3) is 2.99. The molecule has 2 heterocycles. The standard InChI is InChI=1S/C11H14F3N3O2/c1-10(2,3)19-9(18)16-4-7-5-17(11(12,13)14)15-8(7)6-16/h5H,4,6H2,1-3H3. The average molecular weight is 277 g/mol. The van der Waals surface area contributed by atoms with E-state index in [0.717, 1.165) is 6.20 Å². The number of rotatable bonds is 0. The number of carbonyl (C=O) groups excluding carboxylic acids is 1. The third-order valence-corrected chi connectivity index (χ3v) is 2.49. The number of aromatic nitrogens is 2. The van der Waals surface area contributed by atoms with Gasteiger partial charge < -0.3 is 4.74 Å². The Hall–Kier alpha value is -1.73. The van der Waals surface area contributed by atoms with Crippen molar-refractivity contribution >= 4 is 6.09 Å². The van der Waals surface area contributed by atoms with Crippen molar-refractivity contribution < 1.29 is 22.7 Å². The molecule has 0 bridgehead atoms. The number of hydrogen-bond donors (Lipinski definition) is 0. The lowest BCUT2D eigenvalue weighted by molar-refractivity contribution is -0.212. The lowest BCUT2D eigenvalue weighted by Crippen LogP contribution is -2.33. The fraction of sp³-hybridized carbons (Fsp3) is 0.636. The zero-order valence-corrected chi connectivity index (χ0v) is 10.8. The van der Waals surface area contributed by atoms with Crippen molar-refractivity contribution in [1.29, 1.82) is 0 Å². The van der Waals surface area contributed by atoms with Crippen molar-refractivity contribution in [3.63, 3.8) is 0 Å². The minimum Gasteiger partial charge on any atom is -0.444 e. The monoisotopic (exact) mass is 277 g/mol. The van der Waals surface area contributed by atoms with Gasteiger partial charge in [-0.3, -0.25) is 4.90 Å². The van der Waals surface area contributed by atoms with Crippen LogP contribution >= 0.6 is 0 Å². The number of halogens is 3. The molecule has 2 rings (SSSR count). The molecule has 19 heavy (non-hydrogen) atoms. The summed E-state index contributed by atoms with van der Waals surface area (Å²) in [7, 11) is 0. The molecule has 0 radical (unpaired) electrons. The molecule has 0 saturated carbocycles. The van der Waals surface area contributed by atoms with Gasteiger partial charge in [-0.2, -0.15) is 9.78 Å². The molecule has 0 spiro atoms. The molecule has 1 amide bonds. The molecule has 0 saturated heterocycles. The first kappa shape index (κ1) is 13.7. The maximum Gasteiger partial charge on any atom is 0.504 e. The van der Waals surface area contributed by atoms with E-state index in [-0.39, 0.29) is 23.5 Å². The van der Waals surface area contributed by atoms with E-state index in [2.05, 4.69) is 5.10 Å². The van der Waals surface area contributed by atoms with Crippen LogP contribution in [-0.4, -0.2) is 26.4 Å². The second-order valence-electron chi connectivity index (χ2n) is 5.35. The highest BCUT2D eigenvalue weighted by atomic mass is 19.4. The van der Waals surface area contributed by atoms with Gasteiger partial charge in [-0.1, -0.05) is 0 Å². The number of amides is 1. The Bertz CT molecular complexity index is 479. The molecule has 0 fully saturated rings. The van der Waals surface area contributed by atoms with E-state index in [4.69, 9.17) is 4.74 Å². The Morgan fingerprint density at radius 3 is 2.42 bits per heavy atom. The number of carbonyl (C=O) groups is 1. The van der Waals surface area contributed by atoms with Gasteiger partial charge in [0.25, 0.3) is 0 Å². The predicted molar refractivity (Wildman–Crippen MR) is 59.0 cm³/mol. The van der Waals surface area contributed by atoms with Gasteiger partial charge in [-0.25, -0.2) is 4.79 Å². The molecule has 1 aromatic rings. The van der Waals surface area contributed by atoms with E-state index in [9.17, 15) is 18.0 Å². The summed E-state index contributed by atoms with van der Waals surface area (Å²) in [6, 6.07) is 0. The maximum absolute atomic E-state index is 12.4. The van der Waals surface area contributed by atoms with Gasteiger partial charge in [-0.05, 0) is 20.8 Å². The molecule has 8 heteroatoms. The van der Waals surface area contributed by atoms with E-state index >= 15 is 0 Å². The van der Waals surface area contributed by atoms with Gasteiger partial charge in [-0.15, -0.1) is 13.2 Å². The number of ether oxygens (including phenoxy) is 1. The van der Waals surface area contributed by atoms with E-state index in [0.29, 0.717) is 5.56 Å². The first-order chi connectivity index (χ1) is 8.56. The summed E-state index contributed by atoms with van der Waals surface area (Å²) in [5.74, 6) is 0. The average Bonchev–Trinajstić information content (AvgIpc) is 2.68. The van der Waals surface area contributed by atoms with Crippen LogP contribution in [0.15, 0.2) is 6.20 Å². The molecule has 106 valence electrons. The first-order valence-corrected chi connectivity index (χ1v) is 5.69. The van der Waals surface area contributed by atoms with Crippen molar-refractivity contribution in [1.82, 2.24) is 14.7 Å². The van der Waals surface area contributed by atoms with Crippen LogP contribution in [0, 0.1) is 0 Å². The van der Waals surface area contributed by atoms with Gasteiger partial charge >= 0.3 is 12.4 Å². The Morgan fingerprint density at radius 2 is 1.95 bits per heavy atom. The molecule has 0 aliphatic carbocycles. The van der Waals surface area contributed by atoms with Crippen molar-refractivity contribution in [3.8, 4) is 0 Å². The highest BCUT2D eigenvalue weighted by Crippen LogP contribution is 2.28. The summed E-state index contributed by atoms with van der Waals surface area (Å²) in [5.41, 5.74) is 0.00885. The van der Waals surface area contributed by atoms with Crippen LogP contribution in [0.4, 0.5) is 18.0 Å². The number of fused-ring (bicyclic) bond motifs is 1. The minimum atomic E-state index is -4.53. The fourth-order valence-corrected chi connectivity index (χ4v) is 1.74. The lowest BCUT2D eigenvalue weighted by Gasteiger charge is -2.24. The van der Waals surface area contributed by atoms with E-state index in [1.165, 1.54) is 4.90 Å². The molecular weight excluding hydrogens is 263 g/mol. The summed E-state index contributed by atoms with van der Waals surface area (Å²) >= 11 is 0. The minimum absolute atomic E-state index is 0.0350. The van der Waals surface area contributed by atoms with Gasteiger partial charge in [0.15, 0.2) is 0 Å². The van der Waals surface area contributed by atoms with E-state index < -0.39 is 18.0 Å². The zero-order chi connectivity index (χ0) is 14.4. The zero-order valence-electron chi connectivity index (χ0n) is 10.8. The van der Waals surface area contributed by atoms with Gasteiger partial charge in [0.05, 0.1) is 18.8 Å². The second-order valence-corrected chi connectivity index (χ2v) is 5.35. The highest BCUT2D eigenvalue weighted by molar-refractivity contribution is 5.69. The first-order valence-electron chi connectivity index (χ1n) is 5.69. The van der Waals surface area contributed by atoms with Crippen LogP contribution in [0.1, 0.15) is 32.0 Å². The van der Waals surface area contributed by atoms with Gasteiger partial charge in [0.1, 0.15) is 5.60 Å². The van der Waals surface area contributed by atoms with Gasteiger partial charge in [0.2, 0.25) is 0 Å². The van der Waals surface area contributed by atoms with Crippen LogP contribution in [0.25, 0.3) is 0 Å². The predicted octanol–water partition coefficient (Wildman–Crippen LogP) is 2.61. The van der Waals surface area contributed by atoms with Crippen molar-refractivity contribution in [2.24, 2.45) is 0 Å². The third-order valence-electron chi connectivity index (χ3n) is 2.49. The molecule has 0 atom stereocenters. The molecule has 1 aliphatic rings. The summed E-state index contributed by atoms with van der Waals surface area (Å²) < 4.78 is 42.4. The van der Waals surface area contributed by atoms with Crippen LogP contribution in [-0.2, 0) is 24.1 Å². The quantitative estimate of drug-likeness (QED) is 0.732. The Morgan fingerprint density at radius 1 is 1.32 bits per heavy atom. The van der Waals surface area contributed by atoms with Crippen LogP contribution in [0.5, 0.6) is 0 Å². The number of alkyl halides is 3. The van der Waals surface area contributed by atoms with Crippen molar-refractivity contribution in [3.05, 3.63) is 17.5 Å². The molecule has 1 aromatic heterocycles. The second kappa shape index (κ2) is 4.14. The Kier molecular flexibility index (Phi) is 2.98. The maximum atomic E-state index is 12.4. The summed E-state index contributed by atoms with van der Waals surface area (Å²) in [4.78, 5) is 13.1. The fourth-order valence-electron chi connectivity index (χ4n) is 1.74. The highest BCUT2D eigenvalue weighted by Gasteiger charge is 2.36. The summed E-state index contributed by atoms with van der Waals surface area (Å²) in [5, 5.41) is 3.43. The van der Waals surface area contributed by atoms with Crippen LogP contribution < -0.4 is 0 Å². The van der Waals surface area contributed by atoms with E-state index in [1.54, 1.807) is 20.8 Å². The topological polar surface area (TPSA) is 47.4 Å². The normalized spacial score (nSPS) is 15.6.